The second-order valence-corrected chi connectivity index (χ2v) is 6.63. The monoisotopic (exact) mass is 254 g/mol. The van der Waals surface area contributed by atoms with Crippen LogP contribution < -0.4 is 0 Å². The number of hydrogen-bond donors (Lipinski definition) is 1. The van der Waals surface area contributed by atoms with E-state index in [2.05, 4.69) is 0 Å². The Morgan fingerprint density at radius 2 is 2.11 bits per heavy atom. The van der Waals surface area contributed by atoms with Gasteiger partial charge in [-0.3, -0.25) is 4.79 Å². The van der Waals surface area contributed by atoms with E-state index in [-0.39, 0.29) is 22.9 Å². The summed E-state index contributed by atoms with van der Waals surface area (Å²) in [6.45, 7) is 7.16. The molecule has 2 unspecified atom stereocenters. The SMILES string of the molecule is CC(=O)CCCC1(C)CCC(C(C)(C)O)CC1=O. The molecule has 3 heteroatoms. The predicted molar refractivity (Wildman–Crippen MR) is 71.3 cm³/mol. The molecule has 3 nitrogen and oxygen atoms in total. The number of rotatable bonds is 5. The normalized spacial score (nSPS) is 29.4. The minimum atomic E-state index is -0.767. The highest BCUT2D eigenvalue weighted by atomic mass is 16.3. The summed E-state index contributed by atoms with van der Waals surface area (Å²) in [7, 11) is 0. The van der Waals surface area contributed by atoms with Crippen molar-refractivity contribution in [1.29, 1.82) is 0 Å². The highest BCUT2D eigenvalue weighted by Crippen LogP contribution is 2.42. The van der Waals surface area contributed by atoms with Crippen molar-refractivity contribution in [2.75, 3.05) is 0 Å². The molecule has 0 bridgehead atoms. The van der Waals surface area contributed by atoms with E-state index in [9.17, 15) is 14.7 Å². The molecule has 1 aliphatic rings. The standard InChI is InChI=1S/C15H26O3/c1-11(16)6-5-8-15(4)9-7-12(10-13(15)17)14(2,3)18/h12,18H,5-10H2,1-4H3. The summed E-state index contributed by atoms with van der Waals surface area (Å²) in [6.07, 6.45) is 4.36. The zero-order valence-corrected chi connectivity index (χ0v) is 12.1. The van der Waals surface area contributed by atoms with Crippen LogP contribution >= 0.6 is 0 Å². The van der Waals surface area contributed by atoms with Gasteiger partial charge in [0.05, 0.1) is 5.60 Å². The summed E-state index contributed by atoms with van der Waals surface area (Å²) in [5.41, 5.74) is -1.05. The molecule has 18 heavy (non-hydrogen) atoms. The quantitative estimate of drug-likeness (QED) is 0.820. The highest BCUT2D eigenvalue weighted by molar-refractivity contribution is 5.85. The van der Waals surface area contributed by atoms with Crippen molar-refractivity contribution in [2.24, 2.45) is 11.3 Å². The second kappa shape index (κ2) is 5.52. The first-order valence-electron chi connectivity index (χ1n) is 6.90. The molecule has 104 valence electrons. The Labute approximate surface area is 110 Å². The van der Waals surface area contributed by atoms with Gasteiger partial charge in [-0.25, -0.2) is 0 Å². The van der Waals surface area contributed by atoms with Crippen molar-refractivity contribution < 1.29 is 14.7 Å². The number of ketones is 2. The number of carbonyl (C=O) groups is 2. The van der Waals surface area contributed by atoms with Gasteiger partial charge in [0.2, 0.25) is 0 Å². The lowest BCUT2D eigenvalue weighted by Gasteiger charge is -2.40. The maximum Gasteiger partial charge on any atom is 0.139 e. The minimum absolute atomic E-state index is 0.0749. The third-order valence-electron chi connectivity index (χ3n) is 4.41. The van der Waals surface area contributed by atoms with Gasteiger partial charge in [-0.1, -0.05) is 6.92 Å². The summed E-state index contributed by atoms with van der Waals surface area (Å²) in [5.74, 6) is 0.520. The third-order valence-corrected chi connectivity index (χ3v) is 4.41. The molecule has 1 N–H and O–H groups in total. The Bertz CT molecular complexity index is 327. The molecule has 0 spiro atoms. The lowest BCUT2D eigenvalue weighted by Crippen LogP contribution is -2.42. The molecule has 0 heterocycles. The Morgan fingerprint density at radius 3 is 2.56 bits per heavy atom. The fourth-order valence-electron chi connectivity index (χ4n) is 2.80. The first-order valence-corrected chi connectivity index (χ1v) is 6.90. The molecule has 1 rings (SSSR count). The lowest BCUT2D eigenvalue weighted by molar-refractivity contribution is -0.137. The van der Waals surface area contributed by atoms with Crippen LogP contribution in [0.2, 0.25) is 0 Å². The van der Waals surface area contributed by atoms with Crippen LogP contribution in [0.25, 0.3) is 0 Å². The van der Waals surface area contributed by atoms with Gasteiger partial charge >= 0.3 is 0 Å². The van der Waals surface area contributed by atoms with Crippen molar-refractivity contribution in [1.82, 2.24) is 0 Å². The average Bonchev–Trinajstić information content (AvgIpc) is 2.20. The predicted octanol–water partition coefficient (Wildman–Crippen LogP) is 2.89. The summed E-state index contributed by atoms with van der Waals surface area (Å²) in [5, 5.41) is 9.98. The summed E-state index contributed by atoms with van der Waals surface area (Å²) in [4.78, 5) is 23.2. The van der Waals surface area contributed by atoms with Gasteiger partial charge in [0, 0.05) is 18.3 Å². The molecule has 0 amide bonds. The molecule has 0 aliphatic heterocycles. The van der Waals surface area contributed by atoms with Crippen LogP contribution in [0.4, 0.5) is 0 Å². The van der Waals surface area contributed by atoms with Crippen LogP contribution in [0.15, 0.2) is 0 Å². The average molecular weight is 254 g/mol. The zero-order chi connectivity index (χ0) is 14.0. The van der Waals surface area contributed by atoms with E-state index in [1.165, 1.54) is 0 Å². The van der Waals surface area contributed by atoms with E-state index in [1.807, 2.05) is 6.92 Å². The Balaban J connectivity index is 2.55. The molecule has 1 saturated carbocycles. The molecular formula is C15H26O3. The van der Waals surface area contributed by atoms with Crippen LogP contribution in [-0.4, -0.2) is 22.3 Å². The van der Waals surface area contributed by atoms with Crippen LogP contribution in [0.3, 0.4) is 0 Å². The molecule has 0 aromatic carbocycles. The molecule has 0 aromatic heterocycles. The topological polar surface area (TPSA) is 54.4 Å². The first kappa shape index (κ1) is 15.4. The Morgan fingerprint density at radius 1 is 1.50 bits per heavy atom. The van der Waals surface area contributed by atoms with Gasteiger partial charge < -0.3 is 9.90 Å². The molecule has 2 atom stereocenters. The molecule has 0 saturated heterocycles. The largest absolute Gasteiger partial charge is 0.390 e. The summed E-state index contributed by atoms with van der Waals surface area (Å²) >= 11 is 0. The van der Waals surface area contributed by atoms with Crippen molar-refractivity contribution >= 4 is 11.6 Å². The first-order chi connectivity index (χ1) is 8.15. The van der Waals surface area contributed by atoms with E-state index in [1.54, 1.807) is 20.8 Å². The number of Topliss-reactive ketones (excluding diaryl/α,β-unsaturated/α-hetero) is 2. The van der Waals surface area contributed by atoms with Gasteiger partial charge in [0.1, 0.15) is 11.6 Å². The van der Waals surface area contributed by atoms with Gasteiger partial charge in [0.15, 0.2) is 0 Å². The maximum atomic E-state index is 12.3. The van der Waals surface area contributed by atoms with Crippen molar-refractivity contribution in [2.45, 2.75) is 71.8 Å². The number of aliphatic hydroxyl groups is 1. The number of hydrogen-bond acceptors (Lipinski definition) is 3. The van der Waals surface area contributed by atoms with E-state index in [4.69, 9.17) is 0 Å². The third kappa shape index (κ3) is 3.91. The lowest BCUT2D eigenvalue weighted by atomic mass is 9.65. The van der Waals surface area contributed by atoms with Crippen LogP contribution in [-0.2, 0) is 9.59 Å². The van der Waals surface area contributed by atoms with E-state index in [0.717, 1.165) is 25.7 Å². The molecule has 1 fully saturated rings. The van der Waals surface area contributed by atoms with E-state index < -0.39 is 5.60 Å². The molecule has 1 aliphatic carbocycles. The van der Waals surface area contributed by atoms with E-state index >= 15 is 0 Å². The minimum Gasteiger partial charge on any atom is -0.390 e. The summed E-state index contributed by atoms with van der Waals surface area (Å²) < 4.78 is 0. The van der Waals surface area contributed by atoms with Gasteiger partial charge in [-0.15, -0.1) is 0 Å². The van der Waals surface area contributed by atoms with E-state index in [0.29, 0.717) is 12.8 Å². The van der Waals surface area contributed by atoms with Crippen molar-refractivity contribution in [3.63, 3.8) is 0 Å². The van der Waals surface area contributed by atoms with Crippen molar-refractivity contribution in [3.8, 4) is 0 Å². The number of carbonyl (C=O) groups excluding carboxylic acids is 2. The van der Waals surface area contributed by atoms with Gasteiger partial charge in [-0.05, 0) is 52.4 Å². The fourth-order valence-corrected chi connectivity index (χ4v) is 2.80. The van der Waals surface area contributed by atoms with Crippen LogP contribution in [0.5, 0.6) is 0 Å². The molecule has 0 radical (unpaired) electrons. The van der Waals surface area contributed by atoms with Crippen molar-refractivity contribution in [3.05, 3.63) is 0 Å². The zero-order valence-electron chi connectivity index (χ0n) is 12.1. The van der Waals surface area contributed by atoms with Crippen LogP contribution in [0.1, 0.15) is 66.2 Å². The fraction of sp³-hybridized carbons (Fsp3) is 0.867. The maximum absolute atomic E-state index is 12.3. The van der Waals surface area contributed by atoms with Gasteiger partial charge in [0.25, 0.3) is 0 Å². The Kier molecular flexibility index (Phi) is 4.71. The molecule has 0 aromatic rings. The second-order valence-electron chi connectivity index (χ2n) is 6.63. The molecular weight excluding hydrogens is 228 g/mol. The van der Waals surface area contributed by atoms with Crippen LogP contribution in [0, 0.1) is 11.3 Å². The summed E-state index contributed by atoms with van der Waals surface area (Å²) in [6, 6.07) is 0. The van der Waals surface area contributed by atoms with Gasteiger partial charge in [-0.2, -0.15) is 0 Å². The Hall–Kier alpha value is -0.700. The highest BCUT2D eigenvalue weighted by Gasteiger charge is 2.42. The smallest absolute Gasteiger partial charge is 0.139 e.